The van der Waals surface area contributed by atoms with Gasteiger partial charge in [-0.3, -0.25) is 9.59 Å². The number of carbonyl (C=O) groups is 2. The van der Waals surface area contributed by atoms with Crippen LogP contribution in [-0.2, 0) is 0 Å². The zero-order chi connectivity index (χ0) is 17.7. The van der Waals surface area contributed by atoms with Gasteiger partial charge in [0.1, 0.15) is 5.75 Å². The highest BCUT2D eigenvalue weighted by Gasteiger charge is 2.15. The van der Waals surface area contributed by atoms with Crippen molar-refractivity contribution in [2.45, 2.75) is 6.61 Å². The Morgan fingerprint density at radius 3 is 2.25 bits per heavy atom. The molecule has 0 unspecified atom stereocenters. The molecule has 0 saturated carbocycles. The van der Waals surface area contributed by atoms with Gasteiger partial charge in [0.2, 0.25) is 0 Å². The molecule has 24 heavy (non-hydrogen) atoms. The van der Waals surface area contributed by atoms with Crippen LogP contribution < -0.4 is 10.1 Å². The van der Waals surface area contributed by atoms with Crippen molar-refractivity contribution in [1.29, 1.82) is 0 Å². The van der Waals surface area contributed by atoms with Crippen molar-refractivity contribution in [1.82, 2.24) is 4.90 Å². The third kappa shape index (κ3) is 4.28. The zero-order valence-electron chi connectivity index (χ0n) is 13.1. The molecule has 2 rings (SSSR count). The minimum absolute atomic E-state index is 0.00811. The lowest BCUT2D eigenvalue weighted by molar-refractivity contribution is -0.0501. The number of nitrogens with one attached hydrogen (secondary N) is 1. The quantitative estimate of drug-likeness (QED) is 0.913. The minimum Gasteiger partial charge on any atom is -0.434 e. The zero-order valence-corrected chi connectivity index (χ0v) is 13.1. The number of ether oxygens (including phenoxy) is 1. The maximum absolute atomic E-state index is 12.4. The van der Waals surface area contributed by atoms with E-state index >= 15 is 0 Å². The topological polar surface area (TPSA) is 58.6 Å². The third-order valence-electron chi connectivity index (χ3n) is 3.14. The average molecular weight is 334 g/mol. The summed E-state index contributed by atoms with van der Waals surface area (Å²) in [7, 11) is 3.27. The summed E-state index contributed by atoms with van der Waals surface area (Å²) in [6.45, 7) is -3.02. The SMILES string of the molecule is CN(C)C(=O)c1ccc(NC(=O)c2ccccc2OC(F)F)cc1. The number of anilines is 1. The molecule has 0 aliphatic rings. The maximum atomic E-state index is 12.4. The molecule has 5 nitrogen and oxygen atoms in total. The van der Waals surface area contributed by atoms with Crippen LogP contribution in [0.25, 0.3) is 0 Å². The molecule has 2 amide bonds. The molecule has 1 N–H and O–H groups in total. The van der Waals surface area contributed by atoms with E-state index in [1.807, 2.05) is 0 Å². The van der Waals surface area contributed by atoms with Crippen LogP contribution in [-0.4, -0.2) is 37.4 Å². The predicted octanol–water partition coefficient (Wildman–Crippen LogP) is 3.24. The van der Waals surface area contributed by atoms with Crippen LogP contribution in [0, 0.1) is 0 Å². The molecule has 0 fully saturated rings. The van der Waals surface area contributed by atoms with Gasteiger partial charge in [0.05, 0.1) is 5.56 Å². The first-order chi connectivity index (χ1) is 11.4. The molecule has 0 heterocycles. The Balaban J connectivity index is 2.14. The molecule has 0 saturated heterocycles. The Bertz CT molecular complexity index is 731. The van der Waals surface area contributed by atoms with Crippen LogP contribution >= 0.6 is 0 Å². The van der Waals surface area contributed by atoms with E-state index < -0.39 is 12.5 Å². The van der Waals surface area contributed by atoms with Crippen LogP contribution in [0.2, 0.25) is 0 Å². The monoisotopic (exact) mass is 334 g/mol. The molecule has 0 radical (unpaired) electrons. The van der Waals surface area contributed by atoms with E-state index in [1.165, 1.54) is 23.1 Å². The summed E-state index contributed by atoms with van der Waals surface area (Å²) in [6.07, 6.45) is 0. The van der Waals surface area contributed by atoms with Crippen molar-refractivity contribution in [3.05, 3.63) is 59.7 Å². The van der Waals surface area contributed by atoms with Crippen LogP contribution in [0.15, 0.2) is 48.5 Å². The Labute approximate surface area is 137 Å². The number of carbonyl (C=O) groups excluding carboxylic acids is 2. The Morgan fingerprint density at radius 2 is 1.67 bits per heavy atom. The number of amides is 2. The maximum Gasteiger partial charge on any atom is 0.387 e. The van der Waals surface area contributed by atoms with Crippen molar-refractivity contribution in [2.75, 3.05) is 19.4 Å². The van der Waals surface area contributed by atoms with Gasteiger partial charge >= 0.3 is 6.61 Å². The number of nitrogens with zero attached hydrogens (tertiary/aromatic N) is 1. The van der Waals surface area contributed by atoms with Crippen molar-refractivity contribution in [2.24, 2.45) is 0 Å². The molecule has 0 bridgehead atoms. The summed E-state index contributed by atoms with van der Waals surface area (Å²) >= 11 is 0. The number of para-hydroxylation sites is 1. The molecular formula is C17H16F2N2O3. The van der Waals surface area contributed by atoms with Crippen molar-refractivity contribution >= 4 is 17.5 Å². The lowest BCUT2D eigenvalue weighted by Gasteiger charge is -2.12. The molecule has 7 heteroatoms. The number of alkyl halides is 2. The van der Waals surface area contributed by atoms with Gasteiger partial charge in [0.15, 0.2) is 0 Å². The number of halogens is 2. The first kappa shape index (κ1) is 17.4. The minimum atomic E-state index is -3.02. The van der Waals surface area contributed by atoms with Crippen LogP contribution in [0.4, 0.5) is 14.5 Å². The Hall–Kier alpha value is -2.96. The van der Waals surface area contributed by atoms with Gasteiger partial charge in [0, 0.05) is 25.3 Å². The second-order valence-corrected chi connectivity index (χ2v) is 5.11. The second kappa shape index (κ2) is 7.54. The largest absolute Gasteiger partial charge is 0.434 e. The molecule has 2 aromatic carbocycles. The van der Waals surface area contributed by atoms with E-state index in [2.05, 4.69) is 10.1 Å². The van der Waals surface area contributed by atoms with E-state index in [0.717, 1.165) is 0 Å². The number of rotatable bonds is 5. The van der Waals surface area contributed by atoms with Gasteiger partial charge in [-0.15, -0.1) is 0 Å². The smallest absolute Gasteiger partial charge is 0.387 e. The summed E-state index contributed by atoms with van der Waals surface area (Å²) in [4.78, 5) is 25.5. The molecule has 0 atom stereocenters. The first-order valence-corrected chi connectivity index (χ1v) is 7.05. The number of hydrogen-bond acceptors (Lipinski definition) is 3. The average Bonchev–Trinajstić information content (AvgIpc) is 2.54. The van der Waals surface area contributed by atoms with E-state index in [-0.39, 0.29) is 17.2 Å². The van der Waals surface area contributed by atoms with Gasteiger partial charge in [-0.2, -0.15) is 8.78 Å². The second-order valence-electron chi connectivity index (χ2n) is 5.11. The first-order valence-electron chi connectivity index (χ1n) is 7.05. The lowest BCUT2D eigenvalue weighted by Crippen LogP contribution is -2.21. The fourth-order valence-corrected chi connectivity index (χ4v) is 2.01. The van der Waals surface area contributed by atoms with E-state index in [1.54, 1.807) is 44.4 Å². The molecule has 0 aliphatic heterocycles. The normalized spacial score (nSPS) is 10.4. The lowest BCUT2D eigenvalue weighted by atomic mass is 10.1. The number of hydrogen-bond donors (Lipinski definition) is 1. The van der Waals surface area contributed by atoms with Gasteiger partial charge in [0.25, 0.3) is 11.8 Å². The van der Waals surface area contributed by atoms with Gasteiger partial charge < -0.3 is 15.0 Å². The Morgan fingerprint density at radius 1 is 1.04 bits per heavy atom. The summed E-state index contributed by atoms with van der Waals surface area (Å²) in [6, 6.07) is 12.0. The third-order valence-corrected chi connectivity index (χ3v) is 3.14. The van der Waals surface area contributed by atoms with Gasteiger partial charge in [-0.25, -0.2) is 0 Å². The van der Waals surface area contributed by atoms with Crippen molar-refractivity contribution < 1.29 is 23.1 Å². The molecule has 0 aromatic heterocycles. The van der Waals surface area contributed by atoms with Gasteiger partial charge in [-0.1, -0.05) is 12.1 Å². The van der Waals surface area contributed by atoms with E-state index in [0.29, 0.717) is 11.3 Å². The van der Waals surface area contributed by atoms with Gasteiger partial charge in [-0.05, 0) is 36.4 Å². The highest BCUT2D eigenvalue weighted by Crippen LogP contribution is 2.22. The fraction of sp³-hybridized carbons (Fsp3) is 0.176. The summed E-state index contributed by atoms with van der Waals surface area (Å²) in [5.41, 5.74) is 0.896. The van der Waals surface area contributed by atoms with Crippen LogP contribution in [0.1, 0.15) is 20.7 Å². The number of benzene rings is 2. The predicted molar refractivity (Wildman–Crippen MR) is 85.5 cm³/mol. The van der Waals surface area contributed by atoms with Crippen LogP contribution in [0.3, 0.4) is 0 Å². The molecule has 126 valence electrons. The standard InChI is InChI=1S/C17H16F2N2O3/c1-21(2)16(23)11-7-9-12(10-8-11)20-15(22)13-5-3-4-6-14(13)24-17(18)19/h3-10,17H,1-2H3,(H,20,22). The van der Waals surface area contributed by atoms with Crippen molar-refractivity contribution in [3.63, 3.8) is 0 Å². The summed E-state index contributed by atoms with van der Waals surface area (Å²) in [5.74, 6) is -0.953. The van der Waals surface area contributed by atoms with E-state index in [4.69, 9.17) is 0 Å². The fourth-order valence-electron chi connectivity index (χ4n) is 2.01. The van der Waals surface area contributed by atoms with E-state index in [9.17, 15) is 18.4 Å². The molecule has 2 aromatic rings. The van der Waals surface area contributed by atoms with Crippen molar-refractivity contribution in [3.8, 4) is 5.75 Å². The highest BCUT2D eigenvalue weighted by molar-refractivity contribution is 6.06. The molecule has 0 spiro atoms. The summed E-state index contributed by atoms with van der Waals surface area (Å²) in [5, 5.41) is 2.58. The summed E-state index contributed by atoms with van der Waals surface area (Å²) < 4.78 is 29.1. The Kier molecular flexibility index (Phi) is 5.47. The molecular weight excluding hydrogens is 318 g/mol. The van der Waals surface area contributed by atoms with Crippen LogP contribution in [0.5, 0.6) is 5.75 Å². The highest BCUT2D eigenvalue weighted by atomic mass is 19.3. The molecule has 0 aliphatic carbocycles.